The fourth-order valence-electron chi connectivity index (χ4n) is 1.66. The number of carbonyl (C=O) groups excluding carboxylic acids is 1. The molecule has 0 aliphatic carbocycles. The van der Waals surface area contributed by atoms with Crippen molar-refractivity contribution in [1.29, 1.82) is 0 Å². The molecule has 1 unspecified atom stereocenters. The summed E-state index contributed by atoms with van der Waals surface area (Å²) in [7, 11) is 0. The van der Waals surface area contributed by atoms with E-state index in [0.29, 0.717) is 10.8 Å². The summed E-state index contributed by atoms with van der Waals surface area (Å²) in [6.45, 7) is 1.82. The molecule has 0 radical (unpaired) electrons. The molecular formula is C16H15ClFNOS. The van der Waals surface area contributed by atoms with Crippen molar-refractivity contribution in [3.05, 3.63) is 59.4 Å². The van der Waals surface area contributed by atoms with E-state index in [1.807, 2.05) is 37.3 Å². The highest BCUT2D eigenvalue weighted by Gasteiger charge is 2.15. The number of carbonyl (C=O) groups is 1. The Morgan fingerprint density at radius 3 is 2.67 bits per heavy atom. The fourth-order valence-corrected chi connectivity index (χ4v) is 2.76. The van der Waals surface area contributed by atoms with Crippen LogP contribution in [-0.2, 0) is 4.79 Å². The Morgan fingerprint density at radius 2 is 2.00 bits per heavy atom. The van der Waals surface area contributed by atoms with Gasteiger partial charge in [-0.2, -0.15) is 0 Å². The van der Waals surface area contributed by atoms with Gasteiger partial charge in [0.2, 0.25) is 5.91 Å². The maximum atomic E-state index is 13.6. The SMILES string of the molecule is CC(CSc1ccccc1)C(=O)Nc1ccc(Cl)cc1F. The van der Waals surface area contributed by atoms with Crippen molar-refractivity contribution in [3.8, 4) is 0 Å². The predicted octanol–water partition coefficient (Wildman–Crippen LogP) is 4.85. The molecule has 0 spiro atoms. The maximum absolute atomic E-state index is 13.6. The number of hydrogen-bond donors (Lipinski definition) is 1. The Hall–Kier alpha value is -1.52. The predicted molar refractivity (Wildman–Crippen MR) is 86.4 cm³/mol. The van der Waals surface area contributed by atoms with Crippen molar-refractivity contribution in [2.75, 3.05) is 11.1 Å². The summed E-state index contributed by atoms with van der Waals surface area (Å²) in [5.74, 6) is -0.339. The summed E-state index contributed by atoms with van der Waals surface area (Å²) in [6.07, 6.45) is 0. The van der Waals surface area contributed by atoms with Crippen LogP contribution in [0.1, 0.15) is 6.92 Å². The Morgan fingerprint density at radius 1 is 1.29 bits per heavy atom. The van der Waals surface area contributed by atoms with E-state index >= 15 is 0 Å². The molecule has 5 heteroatoms. The van der Waals surface area contributed by atoms with E-state index in [4.69, 9.17) is 11.6 Å². The minimum absolute atomic E-state index is 0.154. The second kappa shape index (κ2) is 7.48. The molecule has 1 amide bonds. The number of hydrogen-bond acceptors (Lipinski definition) is 2. The van der Waals surface area contributed by atoms with E-state index in [0.717, 1.165) is 4.90 Å². The van der Waals surface area contributed by atoms with Crippen LogP contribution in [-0.4, -0.2) is 11.7 Å². The maximum Gasteiger partial charge on any atom is 0.228 e. The van der Waals surface area contributed by atoms with E-state index in [1.165, 1.54) is 12.1 Å². The molecule has 0 saturated heterocycles. The Bertz CT molecular complexity index is 621. The monoisotopic (exact) mass is 323 g/mol. The van der Waals surface area contributed by atoms with Crippen LogP contribution in [0.2, 0.25) is 5.02 Å². The highest BCUT2D eigenvalue weighted by Crippen LogP contribution is 2.22. The van der Waals surface area contributed by atoms with Crippen LogP contribution < -0.4 is 5.32 Å². The molecule has 0 heterocycles. The van der Waals surface area contributed by atoms with Crippen molar-refractivity contribution in [2.24, 2.45) is 5.92 Å². The molecule has 2 aromatic rings. The Balaban J connectivity index is 1.90. The lowest BCUT2D eigenvalue weighted by Gasteiger charge is -2.12. The van der Waals surface area contributed by atoms with Gasteiger partial charge in [-0.3, -0.25) is 4.79 Å². The molecule has 2 rings (SSSR count). The quantitative estimate of drug-likeness (QED) is 0.797. The first-order chi connectivity index (χ1) is 10.1. The highest BCUT2D eigenvalue weighted by molar-refractivity contribution is 7.99. The van der Waals surface area contributed by atoms with Gasteiger partial charge in [-0.05, 0) is 30.3 Å². The van der Waals surface area contributed by atoms with Gasteiger partial charge in [-0.25, -0.2) is 4.39 Å². The van der Waals surface area contributed by atoms with E-state index in [9.17, 15) is 9.18 Å². The van der Waals surface area contributed by atoms with Gasteiger partial charge < -0.3 is 5.32 Å². The van der Waals surface area contributed by atoms with Gasteiger partial charge in [0.05, 0.1) is 5.69 Å². The van der Waals surface area contributed by atoms with Crippen molar-refractivity contribution < 1.29 is 9.18 Å². The topological polar surface area (TPSA) is 29.1 Å². The molecule has 21 heavy (non-hydrogen) atoms. The number of amides is 1. The Kier molecular flexibility index (Phi) is 5.65. The average Bonchev–Trinajstić information content (AvgIpc) is 2.48. The first kappa shape index (κ1) is 15.9. The lowest BCUT2D eigenvalue weighted by atomic mass is 10.2. The zero-order valence-corrected chi connectivity index (χ0v) is 13.0. The van der Waals surface area contributed by atoms with Crippen molar-refractivity contribution in [3.63, 3.8) is 0 Å². The second-order valence-electron chi connectivity index (χ2n) is 4.64. The second-order valence-corrected chi connectivity index (χ2v) is 6.17. The molecule has 1 atom stereocenters. The number of nitrogens with one attached hydrogen (secondary N) is 1. The lowest BCUT2D eigenvalue weighted by molar-refractivity contribution is -0.118. The number of halogens is 2. The molecule has 0 aliphatic heterocycles. The number of thioether (sulfide) groups is 1. The standard InChI is InChI=1S/C16H15ClFNOS/c1-11(10-21-13-5-3-2-4-6-13)16(20)19-15-8-7-12(17)9-14(15)18/h2-9,11H,10H2,1H3,(H,19,20). The minimum Gasteiger partial charge on any atom is -0.323 e. The number of benzene rings is 2. The summed E-state index contributed by atoms with van der Waals surface area (Å²) in [6, 6.07) is 14.0. The first-order valence-corrected chi connectivity index (χ1v) is 7.86. The third-order valence-electron chi connectivity index (χ3n) is 2.88. The fraction of sp³-hybridized carbons (Fsp3) is 0.188. The van der Waals surface area contributed by atoms with Crippen LogP contribution in [0.3, 0.4) is 0 Å². The van der Waals surface area contributed by atoms with E-state index < -0.39 is 5.82 Å². The summed E-state index contributed by atoms with van der Waals surface area (Å²) in [5.41, 5.74) is 0.154. The molecule has 2 aromatic carbocycles. The van der Waals surface area contributed by atoms with Gasteiger partial charge in [-0.1, -0.05) is 36.7 Å². The van der Waals surface area contributed by atoms with Crippen molar-refractivity contribution in [1.82, 2.24) is 0 Å². The summed E-state index contributed by atoms with van der Waals surface area (Å²) >= 11 is 7.28. The van der Waals surface area contributed by atoms with Crippen molar-refractivity contribution in [2.45, 2.75) is 11.8 Å². The van der Waals surface area contributed by atoms with E-state index in [1.54, 1.807) is 17.8 Å². The largest absolute Gasteiger partial charge is 0.323 e. The molecule has 0 aliphatic rings. The Labute approximate surface area is 132 Å². The molecule has 0 aromatic heterocycles. The van der Waals surface area contributed by atoms with Crippen LogP contribution in [0.15, 0.2) is 53.4 Å². The zero-order valence-electron chi connectivity index (χ0n) is 11.5. The summed E-state index contributed by atoms with van der Waals surface area (Å²) < 4.78 is 13.6. The van der Waals surface area contributed by atoms with Gasteiger partial charge in [0.25, 0.3) is 0 Å². The molecule has 0 saturated carbocycles. The van der Waals surface area contributed by atoms with Gasteiger partial charge in [-0.15, -0.1) is 11.8 Å². The normalized spacial score (nSPS) is 12.0. The van der Waals surface area contributed by atoms with Crippen LogP contribution in [0.25, 0.3) is 0 Å². The highest BCUT2D eigenvalue weighted by atomic mass is 35.5. The summed E-state index contributed by atoms with van der Waals surface area (Å²) in [4.78, 5) is 13.2. The zero-order chi connectivity index (χ0) is 15.2. The van der Waals surface area contributed by atoms with Crippen molar-refractivity contribution >= 4 is 35.0 Å². The molecule has 0 fully saturated rings. The average molecular weight is 324 g/mol. The molecule has 2 nitrogen and oxygen atoms in total. The third-order valence-corrected chi connectivity index (χ3v) is 4.39. The number of anilines is 1. The smallest absolute Gasteiger partial charge is 0.228 e. The van der Waals surface area contributed by atoms with Crippen LogP contribution in [0, 0.1) is 11.7 Å². The molecule has 110 valence electrons. The first-order valence-electron chi connectivity index (χ1n) is 6.50. The van der Waals surface area contributed by atoms with Crippen LogP contribution in [0.4, 0.5) is 10.1 Å². The van der Waals surface area contributed by atoms with Gasteiger partial charge in [0.15, 0.2) is 0 Å². The molecule has 0 bridgehead atoms. The molecule has 1 N–H and O–H groups in total. The van der Waals surface area contributed by atoms with E-state index in [2.05, 4.69) is 5.32 Å². The summed E-state index contributed by atoms with van der Waals surface area (Å²) in [5, 5.41) is 2.89. The molecular weight excluding hydrogens is 309 g/mol. The van der Waals surface area contributed by atoms with Gasteiger partial charge in [0, 0.05) is 21.6 Å². The third kappa shape index (κ3) is 4.76. The lowest BCUT2D eigenvalue weighted by Crippen LogP contribution is -2.22. The van der Waals surface area contributed by atoms with Crippen LogP contribution in [0.5, 0.6) is 0 Å². The van der Waals surface area contributed by atoms with E-state index in [-0.39, 0.29) is 17.5 Å². The van der Waals surface area contributed by atoms with Gasteiger partial charge >= 0.3 is 0 Å². The van der Waals surface area contributed by atoms with Crippen LogP contribution >= 0.6 is 23.4 Å². The minimum atomic E-state index is -0.529. The van der Waals surface area contributed by atoms with Gasteiger partial charge in [0.1, 0.15) is 5.82 Å². The number of rotatable bonds is 5.